The maximum Gasteiger partial charge on any atom is 0.241 e. The minimum atomic E-state index is -3.28. The molecule has 2 fully saturated rings. The van der Waals surface area contributed by atoms with Crippen LogP contribution in [0.3, 0.4) is 0 Å². The maximum atomic E-state index is 12.6. The minimum absolute atomic E-state index is 0.00864. The molecule has 116 valence electrons. The summed E-state index contributed by atoms with van der Waals surface area (Å²) in [5.74, 6) is 1.10. The fourth-order valence-electron chi connectivity index (χ4n) is 2.92. The first-order chi connectivity index (χ1) is 9.45. The molecule has 0 N–H and O–H groups in total. The second-order valence-electron chi connectivity index (χ2n) is 5.55. The fraction of sp³-hybridized carbons (Fsp3) is 0.923. The van der Waals surface area contributed by atoms with Gasteiger partial charge in [-0.2, -0.15) is 16.1 Å². The van der Waals surface area contributed by atoms with Crippen molar-refractivity contribution in [2.24, 2.45) is 0 Å². The van der Waals surface area contributed by atoms with Gasteiger partial charge in [0.25, 0.3) is 0 Å². The summed E-state index contributed by atoms with van der Waals surface area (Å²) in [5, 5.41) is 0.440. The number of rotatable bonds is 4. The summed E-state index contributed by atoms with van der Waals surface area (Å²) < 4.78 is 25.9. The van der Waals surface area contributed by atoms with Crippen molar-refractivity contribution < 1.29 is 13.2 Å². The molecule has 0 radical (unpaired) electrons. The van der Waals surface area contributed by atoms with Crippen LogP contribution in [0.2, 0.25) is 0 Å². The lowest BCUT2D eigenvalue weighted by atomic mass is 10.2. The van der Waals surface area contributed by atoms with E-state index in [1.165, 1.54) is 4.31 Å². The predicted molar refractivity (Wildman–Crippen MR) is 82.3 cm³/mol. The van der Waals surface area contributed by atoms with Crippen LogP contribution in [0, 0.1) is 0 Å². The van der Waals surface area contributed by atoms with Gasteiger partial charge in [-0.3, -0.25) is 4.79 Å². The molecule has 2 heterocycles. The second kappa shape index (κ2) is 6.66. The van der Waals surface area contributed by atoms with E-state index in [1.54, 1.807) is 0 Å². The Bertz CT molecular complexity index is 453. The third-order valence-corrected chi connectivity index (χ3v) is 7.07. The Morgan fingerprint density at radius 3 is 2.75 bits per heavy atom. The van der Waals surface area contributed by atoms with Crippen molar-refractivity contribution in [2.45, 2.75) is 44.4 Å². The standard InChI is InChI=1S/C13H24N2O3S2/c1-3-9-20(17,18)15-6-4-5-12(15)13(16)14-7-8-19-11(2)10-14/h11-12H,3-10H2,1-2H3/t11-,12+/m0/s1. The Hall–Kier alpha value is -0.270. The zero-order valence-corrected chi connectivity index (χ0v) is 13.9. The van der Waals surface area contributed by atoms with Crippen LogP contribution in [-0.2, 0) is 14.8 Å². The van der Waals surface area contributed by atoms with E-state index in [1.807, 2.05) is 23.6 Å². The van der Waals surface area contributed by atoms with Gasteiger partial charge in [-0.15, -0.1) is 0 Å². The van der Waals surface area contributed by atoms with Gasteiger partial charge in [-0.1, -0.05) is 13.8 Å². The van der Waals surface area contributed by atoms with E-state index in [0.717, 1.165) is 25.3 Å². The van der Waals surface area contributed by atoms with Crippen molar-refractivity contribution in [2.75, 3.05) is 31.1 Å². The van der Waals surface area contributed by atoms with Crippen molar-refractivity contribution in [3.63, 3.8) is 0 Å². The molecule has 0 aromatic rings. The summed E-state index contributed by atoms with van der Waals surface area (Å²) in [7, 11) is -3.28. The van der Waals surface area contributed by atoms with Crippen LogP contribution in [0.15, 0.2) is 0 Å². The average Bonchev–Trinajstić information content (AvgIpc) is 2.87. The maximum absolute atomic E-state index is 12.6. The normalized spacial score (nSPS) is 28.8. The van der Waals surface area contributed by atoms with Gasteiger partial charge in [-0.25, -0.2) is 8.42 Å². The zero-order chi connectivity index (χ0) is 14.8. The summed E-state index contributed by atoms with van der Waals surface area (Å²) in [6, 6.07) is -0.457. The quantitative estimate of drug-likeness (QED) is 0.780. The molecule has 0 saturated carbocycles. The minimum Gasteiger partial charge on any atom is -0.339 e. The highest BCUT2D eigenvalue weighted by molar-refractivity contribution is 8.00. The molecule has 2 rings (SSSR count). The van der Waals surface area contributed by atoms with Crippen molar-refractivity contribution in [1.29, 1.82) is 0 Å². The molecule has 1 amide bonds. The number of carbonyl (C=O) groups is 1. The Labute approximate surface area is 126 Å². The molecule has 0 aliphatic carbocycles. The Morgan fingerprint density at radius 2 is 2.10 bits per heavy atom. The van der Waals surface area contributed by atoms with Crippen LogP contribution in [0.1, 0.15) is 33.1 Å². The fourth-order valence-corrected chi connectivity index (χ4v) is 5.68. The van der Waals surface area contributed by atoms with Gasteiger partial charge in [0.1, 0.15) is 6.04 Å². The second-order valence-corrected chi connectivity index (χ2v) is 9.14. The summed E-state index contributed by atoms with van der Waals surface area (Å²) in [4.78, 5) is 14.5. The number of carbonyl (C=O) groups excluding carboxylic acids is 1. The SMILES string of the molecule is CCCS(=O)(=O)N1CCC[C@@H]1C(=O)N1CCS[C@@H](C)C1. The monoisotopic (exact) mass is 320 g/mol. The Kier molecular flexibility index (Phi) is 5.36. The smallest absolute Gasteiger partial charge is 0.241 e. The van der Waals surface area contributed by atoms with Gasteiger partial charge < -0.3 is 4.90 Å². The molecule has 0 bridgehead atoms. The lowest BCUT2D eigenvalue weighted by molar-refractivity contribution is -0.134. The van der Waals surface area contributed by atoms with E-state index in [-0.39, 0.29) is 11.7 Å². The topological polar surface area (TPSA) is 57.7 Å². The number of thioether (sulfide) groups is 1. The van der Waals surface area contributed by atoms with Crippen molar-refractivity contribution in [3.8, 4) is 0 Å². The number of hydrogen-bond donors (Lipinski definition) is 0. The molecule has 2 saturated heterocycles. The van der Waals surface area contributed by atoms with Crippen LogP contribution in [0.4, 0.5) is 0 Å². The highest BCUT2D eigenvalue weighted by atomic mass is 32.2. The number of nitrogens with zero attached hydrogens (tertiary/aromatic N) is 2. The van der Waals surface area contributed by atoms with E-state index in [2.05, 4.69) is 6.92 Å². The molecular formula is C13H24N2O3S2. The highest BCUT2D eigenvalue weighted by Gasteiger charge is 2.40. The molecule has 20 heavy (non-hydrogen) atoms. The number of amides is 1. The third kappa shape index (κ3) is 3.49. The van der Waals surface area contributed by atoms with E-state index < -0.39 is 16.1 Å². The van der Waals surface area contributed by atoms with Gasteiger partial charge in [0.2, 0.25) is 15.9 Å². The van der Waals surface area contributed by atoms with Gasteiger partial charge >= 0.3 is 0 Å². The van der Waals surface area contributed by atoms with Gasteiger partial charge in [-0.05, 0) is 19.3 Å². The molecule has 2 aliphatic heterocycles. The molecule has 0 spiro atoms. The summed E-state index contributed by atoms with van der Waals surface area (Å²) in [6.07, 6.45) is 2.05. The van der Waals surface area contributed by atoms with E-state index in [0.29, 0.717) is 24.6 Å². The number of sulfonamides is 1. The van der Waals surface area contributed by atoms with Gasteiger partial charge in [0.15, 0.2) is 0 Å². The largest absolute Gasteiger partial charge is 0.339 e. The van der Waals surface area contributed by atoms with E-state index >= 15 is 0 Å². The lowest BCUT2D eigenvalue weighted by Gasteiger charge is -2.34. The van der Waals surface area contributed by atoms with E-state index in [4.69, 9.17) is 0 Å². The average molecular weight is 320 g/mol. The molecule has 5 nitrogen and oxygen atoms in total. The molecule has 0 aromatic carbocycles. The summed E-state index contributed by atoms with van der Waals surface area (Å²) >= 11 is 1.87. The third-order valence-electron chi connectivity index (χ3n) is 3.86. The molecule has 2 atom stereocenters. The molecule has 2 aliphatic rings. The lowest BCUT2D eigenvalue weighted by Crippen LogP contribution is -2.51. The summed E-state index contributed by atoms with van der Waals surface area (Å²) in [5.41, 5.74) is 0. The van der Waals surface area contributed by atoms with Gasteiger partial charge in [0.05, 0.1) is 5.75 Å². The Morgan fingerprint density at radius 1 is 1.35 bits per heavy atom. The first kappa shape index (κ1) is 16.1. The Balaban J connectivity index is 2.08. The molecule has 0 aromatic heterocycles. The van der Waals surface area contributed by atoms with Crippen LogP contribution in [0.25, 0.3) is 0 Å². The zero-order valence-electron chi connectivity index (χ0n) is 12.2. The molecular weight excluding hydrogens is 296 g/mol. The van der Waals surface area contributed by atoms with Gasteiger partial charge in [0, 0.05) is 30.6 Å². The first-order valence-corrected chi connectivity index (χ1v) is 10.0. The van der Waals surface area contributed by atoms with Crippen molar-refractivity contribution in [3.05, 3.63) is 0 Å². The molecule has 0 unspecified atom stereocenters. The van der Waals surface area contributed by atoms with Crippen molar-refractivity contribution in [1.82, 2.24) is 9.21 Å². The molecule has 7 heteroatoms. The van der Waals surface area contributed by atoms with Crippen LogP contribution >= 0.6 is 11.8 Å². The first-order valence-electron chi connectivity index (χ1n) is 7.35. The predicted octanol–water partition coefficient (Wildman–Crippen LogP) is 1.15. The van der Waals surface area contributed by atoms with Crippen LogP contribution in [-0.4, -0.2) is 66.0 Å². The van der Waals surface area contributed by atoms with Crippen molar-refractivity contribution >= 4 is 27.7 Å². The van der Waals surface area contributed by atoms with Crippen LogP contribution in [0.5, 0.6) is 0 Å². The highest BCUT2D eigenvalue weighted by Crippen LogP contribution is 2.26. The number of hydrogen-bond acceptors (Lipinski definition) is 4. The van der Waals surface area contributed by atoms with E-state index in [9.17, 15) is 13.2 Å². The summed E-state index contributed by atoms with van der Waals surface area (Å²) in [6.45, 7) is 5.95. The van der Waals surface area contributed by atoms with Crippen LogP contribution < -0.4 is 0 Å².